The molecule has 0 saturated heterocycles. The number of H-pyrrole nitrogens is 1. The molecule has 0 aromatic carbocycles. The fourth-order valence-corrected chi connectivity index (χ4v) is 0.965. The Balaban J connectivity index is 2.47. The Labute approximate surface area is 80.1 Å². The third-order valence-corrected chi connectivity index (χ3v) is 1.68. The van der Waals surface area contributed by atoms with E-state index in [-0.39, 0.29) is 5.82 Å². The molecule has 6 nitrogen and oxygen atoms in total. The Morgan fingerprint density at radius 3 is 2.62 bits per heavy atom. The highest BCUT2D eigenvalue weighted by molar-refractivity contribution is 9.10. The predicted octanol–water partition coefficient (Wildman–Crippen LogP) is 0.582. The van der Waals surface area contributed by atoms with Crippen molar-refractivity contribution in [3.63, 3.8) is 0 Å². The molecule has 13 heavy (non-hydrogen) atoms. The van der Waals surface area contributed by atoms with Crippen LogP contribution in [-0.2, 0) is 0 Å². The fraction of sp³-hybridized carbons (Fsp3) is 0. The summed E-state index contributed by atoms with van der Waals surface area (Å²) in [6, 6.07) is 0. The van der Waals surface area contributed by atoms with Crippen molar-refractivity contribution < 1.29 is 4.52 Å². The molecule has 2 heterocycles. The normalized spacial score (nSPS) is 10.2. The molecule has 0 radical (unpaired) electrons. The van der Waals surface area contributed by atoms with Gasteiger partial charge in [0.25, 0.3) is 0 Å². The van der Waals surface area contributed by atoms with E-state index >= 15 is 0 Å². The van der Waals surface area contributed by atoms with E-state index < -0.39 is 5.76 Å². The standard InChI is InChI=1S/C6H3BrN4O2/c7-3-1-8-4(9-2-3)5-10-6(12)13-11-5/h1-2H,(H,10,11,12). The van der Waals surface area contributed by atoms with Crippen LogP contribution in [0.4, 0.5) is 0 Å². The average molecular weight is 243 g/mol. The highest BCUT2D eigenvalue weighted by Gasteiger charge is 2.05. The summed E-state index contributed by atoms with van der Waals surface area (Å²) in [5.74, 6) is -0.0898. The quantitative estimate of drug-likeness (QED) is 0.791. The van der Waals surface area contributed by atoms with Gasteiger partial charge >= 0.3 is 5.76 Å². The largest absolute Gasteiger partial charge is 0.439 e. The molecule has 0 spiro atoms. The smallest absolute Gasteiger partial charge is 0.295 e. The van der Waals surface area contributed by atoms with Crippen molar-refractivity contribution in [3.05, 3.63) is 27.4 Å². The van der Waals surface area contributed by atoms with E-state index in [1.165, 1.54) is 0 Å². The van der Waals surface area contributed by atoms with Crippen LogP contribution in [0.1, 0.15) is 0 Å². The maximum absolute atomic E-state index is 10.6. The Kier molecular flexibility index (Phi) is 1.93. The van der Waals surface area contributed by atoms with Gasteiger partial charge in [0.2, 0.25) is 5.82 Å². The number of hydrogen-bond donors (Lipinski definition) is 1. The molecule has 2 aromatic rings. The molecule has 1 N–H and O–H groups in total. The maximum Gasteiger partial charge on any atom is 0.439 e. The number of aromatic nitrogens is 4. The Morgan fingerprint density at radius 1 is 1.38 bits per heavy atom. The van der Waals surface area contributed by atoms with Crippen molar-refractivity contribution in [2.45, 2.75) is 0 Å². The van der Waals surface area contributed by atoms with Crippen molar-refractivity contribution >= 4 is 15.9 Å². The zero-order chi connectivity index (χ0) is 9.26. The molecule has 2 aromatic heterocycles. The second-order valence-electron chi connectivity index (χ2n) is 2.17. The summed E-state index contributed by atoms with van der Waals surface area (Å²) in [4.78, 5) is 20.7. The Hall–Kier alpha value is -1.50. The SMILES string of the molecule is O=c1[nH]c(-c2ncc(Br)cn2)no1. The summed E-state index contributed by atoms with van der Waals surface area (Å²) in [7, 11) is 0. The van der Waals surface area contributed by atoms with E-state index in [0.29, 0.717) is 5.82 Å². The van der Waals surface area contributed by atoms with E-state index in [1.807, 2.05) is 0 Å². The van der Waals surface area contributed by atoms with E-state index in [0.717, 1.165) is 4.47 Å². The number of rotatable bonds is 1. The zero-order valence-electron chi connectivity index (χ0n) is 6.19. The first-order valence-corrected chi connectivity index (χ1v) is 4.09. The van der Waals surface area contributed by atoms with Crippen LogP contribution in [0.15, 0.2) is 26.2 Å². The molecule has 0 atom stereocenters. The maximum atomic E-state index is 10.6. The van der Waals surface area contributed by atoms with Crippen LogP contribution in [0.5, 0.6) is 0 Å². The lowest BCUT2D eigenvalue weighted by Crippen LogP contribution is -1.96. The van der Waals surface area contributed by atoms with Crippen molar-refractivity contribution in [3.8, 4) is 11.6 Å². The van der Waals surface area contributed by atoms with Gasteiger partial charge in [0, 0.05) is 12.4 Å². The predicted molar refractivity (Wildman–Crippen MR) is 45.8 cm³/mol. The van der Waals surface area contributed by atoms with E-state index in [9.17, 15) is 4.79 Å². The van der Waals surface area contributed by atoms with Crippen LogP contribution >= 0.6 is 15.9 Å². The number of halogens is 1. The summed E-state index contributed by atoms with van der Waals surface area (Å²) in [6.07, 6.45) is 3.10. The van der Waals surface area contributed by atoms with Crippen molar-refractivity contribution in [1.29, 1.82) is 0 Å². The molecule has 0 aliphatic heterocycles. The van der Waals surface area contributed by atoms with E-state index in [2.05, 4.69) is 40.6 Å². The summed E-state index contributed by atoms with van der Waals surface area (Å²) >= 11 is 3.18. The molecule has 0 fully saturated rings. The van der Waals surface area contributed by atoms with E-state index in [4.69, 9.17) is 0 Å². The third kappa shape index (κ3) is 1.64. The first kappa shape index (κ1) is 8.11. The molecule has 0 unspecified atom stereocenters. The molecule has 7 heteroatoms. The van der Waals surface area contributed by atoms with Crippen LogP contribution in [0.2, 0.25) is 0 Å². The average Bonchev–Trinajstić information content (AvgIpc) is 2.53. The van der Waals surface area contributed by atoms with Crippen molar-refractivity contribution in [1.82, 2.24) is 20.1 Å². The molecule has 2 rings (SSSR count). The van der Waals surface area contributed by atoms with Crippen LogP contribution in [0, 0.1) is 0 Å². The summed E-state index contributed by atoms with van der Waals surface area (Å²) in [5, 5.41) is 3.43. The Bertz CT molecular complexity index is 460. The zero-order valence-corrected chi connectivity index (χ0v) is 7.78. The van der Waals surface area contributed by atoms with Gasteiger partial charge < -0.3 is 0 Å². The van der Waals surface area contributed by atoms with Gasteiger partial charge in [-0.1, -0.05) is 5.16 Å². The van der Waals surface area contributed by atoms with Crippen LogP contribution in [0.3, 0.4) is 0 Å². The molecular formula is C6H3BrN4O2. The van der Waals surface area contributed by atoms with Crippen LogP contribution in [0.25, 0.3) is 11.6 Å². The van der Waals surface area contributed by atoms with Gasteiger partial charge in [-0.15, -0.1) is 0 Å². The number of nitrogens with one attached hydrogen (secondary N) is 1. The van der Waals surface area contributed by atoms with Crippen molar-refractivity contribution in [2.24, 2.45) is 0 Å². The lowest BCUT2D eigenvalue weighted by molar-refractivity contribution is 0.387. The molecule has 0 aliphatic carbocycles. The van der Waals surface area contributed by atoms with Crippen LogP contribution in [-0.4, -0.2) is 20.1 Å². The summed E-state index contributed by atoms with van der Waals surface area (Å²) in [6.45, 7) is 0. The second-order valence-corrected chi connectivity index (χ2v) is 3.08. The van der Waals surface area contributed by atoms with Gasteiger partial charge in [0.1, 0.15) is 0 Å². The molecule has 66 valence electrons. The lowest BCUT2D eigenvalue weighted by atomic mass is 10.5. The molecule has 0 aliphatic rings. The molecule has 0 bridgehead atoms. The highest BCUT2D eigenvalue weighted by Crippen LogP contribution is 2.09. The molecule has 0 amide bonds. The van der Waals surface area contributed by atoms with Gasteiger partial charge in [-0.3, -0.25) is 9.51 Å². The van der Waals surface area contributed by atoms with Gasteiger partial charge in [-0.2, -0.15) is 0 Å². The topological polar surface area (TPSA) is 84.7 Å². The first-order valence-electron chi connectivity index (χ1n) is 3.29. The van der Waals surface area contributed by atoms with Gasteiger partial charge in [-0.25, -0.2) is 14.8 Å². The number of hydrogen-bond acceptors (Lipinski definition) is 5. The molecule has 0 saturated carbocycles. The third-order valence-electron chi connectivity index (χ3n) is 1.27. The minimum Gasteiger partial charge on any atom is -0.295 e. The minimum absolute atomic E-state index is 0.220. The lowest BCUT2D eigenvalue weighted by Gasteiger charge is -1.91. The Morgan fingerprint density at radius 2 is 2.08 bits per heavy atom. The number of nitrogens with zero attached hydrogens (tertiary/aromatic N) is 3. The second kappa shape index (κ2) is 3.09. The van der Waals surface area contributed by atoms with Gasteiger partial charge in [0.05, 0.1) is 4.47 Å². The number of aromatic amines is 1. The highest BCUT2D eigenvalue weighted by atomic mass is 79.9. The first-order chi connectivity index (χ1) is 6.25. The van der Waals surface area contributed by atoms with Gasteiger partial charge in [0.15, 0.2) is 5.82 Å². The van der Waals surface area contributed by atoms with Gasteiger partial charge in [-0.05, 0) is 15.9 Å². The minimum atomic E-state index is -0.624. The monoisotopic (exact) mass is 242 g/mol. The van der Waals surface area contributed by atoms with Crippen LogP contribution < -0.4 is 5.76 Å². The summed E-state index contributed by atoms with van der Waals surface area (Å²) < 4.78 is 5.05. The van der Waals surface area contributed by atoms with E-state index in [1.54, 1.807) is 12.4 Å². The fourth-order valence-electron chi connectivity index (χ4n) is 0.761. The van der Waals surface area contributed by atoms with Crippen molar-refractivity contribution in [2.75, 3.05) is 0 Å². The molecular weight excluding hydrogens is 240 g/mol. The summed E-state index contributed by atoms with van der Waals surface area (Å²) in [5.41, 5.74) is 0.